The quantitative estimate of drug-likeness (QED) is 0.762. The predicted octanol–water partition coefficient (Wildman–Crippen LogP) is 2.91. The Kier molecular flexibility index (Phi) is 7.26. The predicted molar refractivity (Wildman–Crippen MR) is 98.8 cm³/mol. The second kappa shape index (κ2) is 9.67. The molecule has 0 fully saturated rings. The smallest absolute Gasteiger partial charge is 0.223 e. The van der Waals surface area contributed by atoms with Crippen LogP contribution in [-0.4, -0.2) is 17.0 Å². The molecule has 0 aliphatic heterocycles. The van der Waals surface area contributed by atoms with Crippen LogP contribution in [0.15, 0.2) is 47.4 Å². The van der Waals surface area contributed by atoms with Crippen LogP contribution in [0.25, 0.3) is 0 Å². The summed E-state index contributed by atoms with van der Waals surface area (Å²) in [5.74, 6) is 0.400. The van der Waals surface area contributed by atoms with Crippen LogP contribution >= 0.6 is 0 Å². The fourth-order valence-electron chi connectivity index (χ4n) is 2.63. The number of aryl methyl sites for hydroxylation is 1. The normalized spacial score (nSPS) is 10.5. The molecule has 1 aromatic heterocycles. The highest BCUT2D eigenvalue weighted by Crippen LogP contribution is 2.16. The number of amides is 1. The van der Waals surface area contributed by atoms with E-state index < -0.39 is 0 Å². The summed E-state index contributed by atoms with van der Waals surface area (Å²) in [5, 5.41) is 2.87. The number of carbonyl (C=O) groups is 1. The van der Waals surface area contributed by atoms with Gasteiger partial charge in [0.25, 0.3) is 0 Å². The average Bonchev–Trinajstić information content (AvgIpc) is 2.64. The number of pyridine rings is 1. The van der Waals surface area contributed by atoms with Crippen molar-refractivity contribution in [3.8, 4) is 5.75 Å². The van der Waals surface area contributed by atoms with Crippen molar-refractivity contribution in [1.82, 2.24) is 9.88 Å². The molecule has 0 saturated heterocycles. The van der Waals surface area contributed by atoms with Crippen molar-refractivity contribution in [2.24, 2.45) is 0 Å². The zero-order chi connectivity index (χ0) is 18.1. The summed E-state index contributed by atoms with van der Waals surface area (Å²) in [6.45, 7) is 5.57. The van der Waals surface area contributed by atoms with Crippen LogP contribution in [0.2, 0.25) is 0 Å². The van der Waals surface area contributed by atoms with Crippen LogP contribution in [0.3, 0.4) is 0 Å². The van der Waals surface area contributed by atoms with Crippen LogP contribution in [0, 0.1) is 0 Å². The zero-order valence-electron chi connectivity index (χ0n) is 15.0. The number of rotatable bonds is 9. The average molecular weight is 342 g/mol. The first-order valence-electron chi connectivity index (χ1n) is 8.81. The standard InChI is InChI=1S/C20H26N2O3/c1-3-12-21-19(24)11-14-22-13-10-18(23)20(17(22)4-2)25-15-16-8-6-5-7-9-16/h5-10,13H,3-4,11-12,14-15H2,1-2H3,(H,21,24). The molecule has 25 heavy (non-hydrogen) atoms. The van der Waals surface area contributed by atoms with Gasteiger partial charge in [-0.2, -0.15) is 0 Å². The second-order valence-corrected chi connectivity index (χ2v) is 5.88. The largest absolute Gasteiger partial charge is 0.483 e. The van der Waals surface area contributed by atoms with E-state index in [0.717, 1.165) is 17.7 Å². The molecule has 5 nitrogen and oxygen atoms in total. The van der Waals surface area contributed by atoms with Crippen molar-refractivity contribution < 1.29 is 9.53 Å². The van der Waals surface area contributed by atoms with Crippen molar-refractivity contribution in [1.29, 1.82) is 0 Å². The van der Waals surface area contributed by atoms with Gasteiger partial charge in [-0.1, -0.05) is 44.2 Å². The van der Waals surface area contributed by atoms with Crippen LogP contribution in [0.5, 0.6) is 5.75 Å². The van der Waals surface area contributed by atoms with Crippen molar-refractivity contribution in [3.05, 3.63) is 64.1 Å². The summed E-state index contributed by atoms with van der Waals surface area (Å²) in [4.78, 5) is 24.1. The molecule has 1 heterocycles. The number of carbonyl (C=O) groups excluding carboxylic acids is 1. The van der Waals surface area contributed by atoms with Gasteiger partial charge in [0.1, 0.15) is 6.61 Å². The summed E-state index contributed by atoms with van der Waals surface area (Å²) in [7, 11) is 0. The molecule has 134 valence electrons. The molecule has 0 aliphatic rings. The highest BCUT2D eigenvalue weighted by molar-refractivity contribution is 5.75. The Bertz CT molecular complexity index is 738. The number of aromatic nitrogens is 1. The Labute approximate surface area is 148 Å². The third kappa shape index (κ3) is 5.48. The van der Waals surface area contributed by atoms with Crippen molar-refractivity contribution in [2.75, 3.05) is 6.54 Å². The minimum atomic E-state index is -0.125. The van der Waals surface area contributed by atoms with Gasteiger partial charge in [0, 0.05) is 31.8 Å². The molecule has 0 saturated carbocycles. The maximum atomic E-state index is 12.2. The summed E-state index contributed by atoms with van der Waals surface area (Å²) in [6.07, 6.45) is 3.70. The van der Waals surface area contributed by atoms with Gasteiger partial charge in [0.15, 0.2) is 5.75 Å². The number of hydrogen-bond donors (Lipinski definition) is 1. The minimum Gasteiger partial charge on any atom is -0.483 e. The lowest BCUT2D eigenvalue weighted by Gasteiger charge is -2.16. The highest BCUT2D eigenvalue weighted by Gasteiger charge is 2.12. The first-order valence-corrected chi connectivity index (χ1v) is 8.81. The molecule has 1 N–H and O–H groups in total. The third-order valence-corrected chi connectivity index (χ3v) is 3.95. The Morgan fingerprint density at radius 2 is 1.92 bits per heavy atom. The molecule has 0 atom stereocenters. The lowest BCUT2D eigenvalue weighted by molar-refractivity contribution is -0.121. The van der Waals surface area contributed by atoms with Gasteiger partial charge in [-0.15, -0.1) is 0 Å². The van der Waals surface area contributed by atoms with E-state index in [1.165, 1.54) is 6.07 Å². The molecular formula is C20H26N2O3. The Balaban J connectivity index is 2.11. The van der Waals surface area contributed by atoms with Crippen molar-refractivity contribution >= 4 is 5.91 Å². The fraction of sp³-hybridized carbons (Fsp3) is 0.400. The van der Waals surface area contributed by atoms with E-state index in [-0.39, 0.29) is 11.3 Å². The lowest BCUT2D eigenvalue weighted by atomic mass is 10.2. The highest BCUT2D eigenvalue weighted by atomic mass is 16.5. The number of hydrogen-bond acceptors (Lipinski definition) is 3. The third-order valence-electron chi connectivity index (χ3n) is 3.95. The molecule has 2 rings (SSSR count). The van der Waals surface area contributed by atoms with Gasteiger partial charge >= 0.3 is 0 Å². The molecule has 0 aliphatic carbocycles. The Morgan fingerprint density at radius 1 is 1.16 bits per heavy atom. The molecule has 0 spiro atoms. The fourth-order valence-corrected chi connectivity index (χ4v) is 2.63. The first kappa shape index (κ1) is 18.8. The van der Waals surface area contributed by atoms with Gasteiger partial charge in [0.05, 0.1) is 5.69 Å². The summed E-state index contributed by atoms with van der Waals surface area (Å²) in [5.41, 5.74) is 1.71. The molecule has 5 heteroatoms. The Hall–Kier alpha value is -2.56. The molecule has 0 unspecified atom stereocenters. The monoisotopic (exact) mass is 342 g/mol. The summed E-state index contributed by atoms with van der Waals surface area (Å²) < 4.78 is 7.76. The molecule has 1 aromatic carbocycles. The van der Waals surface area contributed by atoms with Crippen molar-refractivity contribution in [3.63, 3.8) is 0 Å². The molecule has 0 bridgehead atoms. The summed E-state index contributed by atoms with van der Waals surface area (Å²) in [6, 6.07) is 11.3. The van der Waals surface area contributed by atoms with E-state index >= 15 is 0 Å². The number of benzene rings is 1. The SMILES string of the molecule is CCCNC(=O)CCn1ccc(=O)c(OCc2ccccc2)c1CC. The van der Waals surface area contributed by atoms with E-state index in [1.54, 1.807) is 6.20 Å². The summed E-state index contributed by atoms with van der Waals surface area (Å²) >= 11 is 0. The van der Waals surface area contributed by atoms with Gasteiger partial charge in [-0.05, 0) is 18.4 Å². The number of ether oxygens (including phenoxy) is 1. The number of nitrogens with zero attached hydrogens (tertiary/aromatic N) is 1. The Morgan fingerprint density at radius 3 is 2.60 bits per heavy atom. The minimum absolute atomic E-state index is 0.0226. The van der Waals surface area contributed by atoms with E-state index in [1.807, 2.05) is 48.7 Å². The molecular weight excluding hydrogens is 316 g/mol. The van der Waals surface area contributed by atoms with E-state index in [0.29, 0.717) is 38.3 Å². The lowest BCUT2D eigenvalue weighted by Crippen LogP contribution is -2.26. The number of nitrogens with one attached hydrogen (secondary N) is 1. The van der Waals surface area contributed by atoms with Crippen LogP contribution in [0.1, 0.15) is 37.9 Å². The molecule has 1 amide bonds. The molecule has 0 radical (unpaired) electrons. The van der Waals surface area contributed by atoms with E-state index in [9.17, 15) is 9.59 Å². The topological polar surface area (TPSA) is 60.3 Å². The maximum absolute atomic E-state index is 12.2. The van der Waals surface area contributed by atoms with Gasteiger partial charge in [0.2, 0.25) is 11.3 Å². The second-order valence-electron chi connectivity index (χ2n) is 5.88. The maximum Gasteiger partial charge on any atom is 0.223 e. The van der Waals surface area contributed by atoms with Gasteiger partial charge in [-0.25, -0.2) is 0 Å². The van der Waals surface area contributed by atoms with Crippen LogP contribution in [-0.2, 0) is 24.4 Å². The van der Waals surface area contributed by atoms with Crippen molar-refractivity contribution in [2.45, 2.75) is 46.3 Å². The van der Waals surface area contributed by atoms with E-state index in [2.05, 4.69) is 5.32 Å². The van der Waals surface area contributed by atoms with Gasteiger partial charge in [-0.3, -0.25) is 9.59 Å². The van der Waals surface area contributed by atoms with Crippen LogP contribution in [0.4, 0.5) is 0 Å². The van der Waals surface area contributed by atoms with Gasteiger partial charge < -0.3 is 14.6 Å². The van der Waals surface area contributed by atoms with E-state index in [4.69, 9.17) is 4.74 Å². The first-order chi connectivity index (χ1) is 12.2. The van der Waals surface area contributed by atoms with Crippen LogP contribution < -0.4 is 15.5 Å². The zero-order valence-corrected chi connectivity index (χ0v) is 15.0. The molecule has 2 aromatic rings.